The first-order valence-corrected chi connectivity index (χ1v) is 7.68. The molecule has 9 heteroatoms. The number of thiazole rings is 1. The van der Waals surface area contributed by atoms with Gasteiger partial charge in [0, 0.05) is 5.38 Å². The van der Waals surface area contributed by atoms with Crippen LogP contribution in [0.15, 0.2) is 51.0 Å². The van der Waals surface area contributed by atoms with Crippen molar-refractivity contribution >= 4 is 17.2 Å². The molecule has 0 radical (unpaired) electrons. The Balaban J connectivity index is 1.82. The van der Waals surface area contributed by atoms with Crippen LogP contribution in [-0.4, -0.2) is 28.5 Å². The normalized spacial score (nSPS) is 11.6. The van der Waals surface area contributed by atoms with Gasteiger partial charge in [0.25, 0.3) is 5.91 Å². The molecule has 0 aliphatic carbocycles. The van der Waals surface area contributed by atoms with Crippen LogP contribution in [-0.2, 0) is 6.54 Å². The summed E-state index contributed by atoms with van der Waals surface area (Å²) in [6.07, 6.45) is -1.74. The quantitative estimate of drug-likeness (QED) is 0.687. The zero-order chi connectivity index (χ0) is 17.2. The van der Waals surface area contributed by atoms with Crippen LogP contribution in [0.3, 0.4) is 0 Å². The zero-order valence-corrected chi connectivity index (χ0v) is 12.9. The van der Waals surface area contributed by atoms with Crippen molar-refractivity contribution in [1.29, 1.82) is 0 Å². The highest BCUT2D eigenvalue weighted by Crippen LogP contribution is 2.26. The van der Waals surface area contributed by atoms with Crippen LogP contribution in [0.4, 0.5) is 13.2 Å². The lowest BCUT2D eigenvalue weighted by atomic mass is 10.3. The summed E-state index contributed by atoms with van der Waals surface area (Å²) in [5.74, 6) is -0.112. The first kappa shape index (κ1) is 16.3. The van der Waals surface area contributed by atoms with Gasteiger partial charge in [0.15, 0.2) is 10.8 Å². The molecule has 0 N–H and O–H groups in total. The van der Waals surface area contributed by atoms with Crippen molar-refractivity contribution in [2.24, 2.45) is 0 Å². The fourth-order valence-corrected chi connectivity index (χ4v) is 2.81. The zero-order valence-electron chi connectivity index (χ0n) is 12.1. The van der Waals surface area contributed by atoms with E-state index in [2.05, 4.69) is 4.98 Å². The molecule has 0 aliphatic heterocycles. The summed E-state index contributed by atoms with van der Waals surface area (Å²) < 4.78 is 48.5. The van der Waals surface area contributed by atoms with Gasteiger partial charge < -0.3 is 13.7 Å². The van der Waals surface area contributed by atoms with E-state index in [1.807, 2.05) is 0 Å². The molecule has 0 saturated heterocycles. The number of alkyl halides is 3. The Morgan fingerprint density at radius 1 is 1.21 bits per heavy atom. The summed E-state index contributed by atoms with van der Waals surface area (Å²) in [5.41, 5.74) is -0.0674. The van der Waals surface area contributed by atoms with E-state index in [4.69, 9.17) is 8.83 Å². The molecule has 1 amide bonds. The number of hydrogen-bond acceptors (Lipinski definition) is 5. The summed E-state index contributed by atoms with van der Waals surface area (Å²) in [5, 5.41) is 1.83. The Morgan fingerprint density at radius 3 is 2.58 bits per heavy atom. The number of carbonyl (C=O) groups is 1. The number of halogens is 3. The number of furan rings is 2. The van der Waals surface area contributed by atoms with E-state index in [0.717, 1.165) is 11.3 Å². The van der Waals surface area contributed by atoms with Crippen LogP contribution in [0.1, 0.15) is 16.2 Å². The van der Waals surface area contributed by atoms with Gasteiger partial charge in [-0.15, -0.1) is 11.3 Å². The van der Waals surface area contributed by atoms with Crippen molar-refractivity contribution in [3.63, 3.8) is 0 Å². The first-order valence-electron chi connectivity index (χ1n) is 6.80. The maximum Gasteiger partial charge on any atom is 0.406 e. The molecule has 126 valence electrons. The predicted molar refractivity (Wildman–Crippen MR) is 79.3 cm³/mol. The molecule has 0 unspecified atom stereocenters. The van der Waals surface area contributed by atoms with E-state index < -0.39 is 18.6 Å². The second-order valence-electron chi connectivity index (χ2n) is 4.87. The van der Waals surface area contributed by atoms with Crippen molar-refractivity contribution in [3.8, 4) is 10.8 Å². The van der Waals surface area contributed by atoms with Crippen LogP contribution in [0.5, 0.6) is 0 Å². The predicted octanol–water partition coefficient (Wildman–Crippen LogP) is 4.20. The molecule has 0 fully saturated rings. The van der Waals surface area contributed by atoms with Gasteiger partial charge in [0.05, 0.1) is 19.1 Å². The Morgan fingerprint density at radius 2 is 1.96 bits per heavy atom. The molecule has 0 aliphatic rings. The van der Waals surface area contributed by atoms with E-state index in [9.17, 15) is 18.0 Å². The average molecular weight is 356 g/mol. The van der Waals surface area contributed by atoms with Crippen molar-refractivity contribution in [2.75, 3.05) is 6.54 Å². The van der Waals surface area contributed by atoms with Gasteiger partial charge in [-0.2, -0.15) is 13.2 Å². The SMILES string of the molecule is O=C(c1csc(-c2ccco2)n1)N(Cc1ccco1)CC(F)(F)F. The van der Waals surface area contributed by atoms with Crippen molar-refractivity contribution in [3.05, 3.63) is 53.6 Å². The third-order valence-electron chi connectivity index (χ3n) is 3.04. The minimum atomic E-state index is -4.53. The van der Waals surface area contributed by atoms with E-state index in [-0.39, 0.29) is 18.0 Å². The van der Waals surface area contributed by atoms with Crippen LogP contribution in [0.2, 0.25) is 0 Å². The van der Waals surface area contributed by atoms with Gasteiger partial charge in [-0.1, -0.05) is 0 Å². The fourth-order valence-electron chi connectivity index (χ4n) is 2.05. The second kappa shape index (κ2) is 6.52. The fraction of sp³-hybridized carbons (Fsp3) is 0.200. The summed E-state index contributed by atoms with van der Waals surface area (Å²) in [7, 11) is 0. The standard InChI is InChI=1S/C15H11F3N2O3S/c16-15(17,18)9-20(7-10-3-1-5-22-10)14(21)11-8-24-13(19-11)12-4-2-6-23-12/h1-6,8H,7,9H2. The number of nitrogens with zero attached hydrogens (tertiary/aromatic N) is 2. The maximum atomic E-state index is 12.8. The van der Waals surface area contributed by atoms with Gasteiger partial charge in [-0.25, -0.2) is 4.98 Å². The Bertz CT molecular complexity index is 794. The summed E-state index contributed by atoms with van der Waals surface area (Å²) in [4.78, 5) is 17.2. The Kier molecular flexibility index (Phi) is 4.43. The lowest BCUT2D eigenvalue weighted by Crippen LogP contribution is -2.38. The molecule has 0 aromatic carbocycles. The Labute approximate surface area is 138 Å². The third kappa shape index (κ3) is 3.85. The summed E-state index contributed by atoms with van der Waals surface area (Å²) >= 11 is 1.12. The average Bonchev–Trinajstić information content (AvgIpc) is 3.25. The molecular weight excluding hydrogens is 345 g/mol. The minimum absolute atomic E-state index is 0.0674. The molecular formula is C15H11F3N2O3S. The molecule has 0 bridgehead atoms. The smallest absolute Gasteiger partial charge is 0.406 e. The third-order valence-corrected chi connectivity index (χ3v) is 3.90. The molecule has 3 aromatic rings. The van der Waals surface area contributed by atoms with Gasteiger partial charge >= 0.3 is 6.18 Å². The molecule has 0 spiro atoms. The highest BCUT2D eigenvalue weighted by Gasteiger charge is 2.34. The largest absolute Gasteiger partial charge is 0.467 e. The first-order chi connectivity index (χ1) is 11.4. The highest BCUT2D eigenvalue weighted by atomic mass is 32.1. The van der Waals surface area contributed by atoms with Gasteiger partial charge in [-0.3, -0.25) is 4.79 Å². The Hall–Kier alpha value is -2.55. The highest BCUT2D eigenvalue weighted by molar-refractivity contribution is 7.13. The topological polar surface area (TPSA) is 59.5 Å². The van der Waals surface area contributed by atoms with E-state index in [1.54, 1.807) is 18.2 Å². The summed E-state index contributed by atoms with van der Waals surface area (Å²) in [6.45, 7) is -1.68. The minimum Gasteiger partial charge on any atom is -0.467 e. The van der Waals surface area contributed by atoms with Crippen LogP contribution in [0.25, 0.3) is 10.8 Å². The molecule has 5 nitrogen and oxygen atoms in total. The lowest BCUT2D eigenvalue weighted by Gasteiger charge is -2.22. The number of aromatic nitrogens is 1. The van der Waals surface area contributed by atoms with E-state index in [0.29, 0.717) is 15.7 Å². The van der Waals surface area contributed by atoms with Crippen molar-refractivity contribution < 1.29 is 26.8 Å². The molecule has 0 atom stereocenters. The van der Waals surface area contributed by atoms with Crippen LogP contribution < -0.4 is 0 Å². The van der Waals surface area contributed by atoms with Crippen molar-refractivity contribution in [2.45, 2.75) is 12.7 Å². The van der Waals surface area contributed by atoms with Crippen LogP contribution >= 0.6 is 11.3 Å². The lowest BCUT2D eigenvalue weighted by molar-refractivity contribution is -0.142. The van der Waals surface area contributed by atoms with Crippen molar-refractivity contribution in [1.82, 2.24) is 9.88 Å². The van der Waals surface area contributed by atoms with E-state index in [1.165, 1.54) is 24.0 Å². The second-order valence-corrected chi connectivity index (χ2v) is 5.73. The molecule has 3 aromatic heterocycles. The number of hydrogen-bond donors (Lipinski definition) is 0. The van der Waals surface area contributed by atoms with Gasteiger partial charge in [0.2, 0.25) is 0 Å². The number of rotatable bonds is 5. The maximum absolute atomic E-state index is 12.8. The van der Waals surface area contributed by atoms with Gasteiger partial charge in [0.1, 0.15) is 18.0 Å². The van der Waals surface area contributed by atoms with Crippen LogP contribution in [0, 0.1) is 0 Å². The van der Waals surface area contributed by atoms with E-state index >= 15 is 0 Å². The number of amides is 1. The molecule has 3 rings (SSSR count). The molecule has 0 saturated carbocycles. The molecule has 24 heavy (non-hydrogen) atoms. The summed E-state index contributed by atoms with van der Waals surface area (Å²) in [6, 6.07) is 6.37. The monoisotopic (exact) mass is 356 g/mol. The van der Waals surface area contributed by atoms with Gasteiger partial charge in [-0.05, 0) is 24.3 Å². The molecule has 3 heterocycles. The number of carbonyl (C=O) groups excluding carboxylic acids is 1.